The molecule has 5 nitrogen and oxygen atoms in total. The summed E-state index contributed by atoms with van der Waals surface area (Å²) < 4.78 is 12.4. The number of ether oxygens (including phenoxy) is 1. The predicted molar refractivity (Wildman–Crippen MR) is 146 cm³/mol. The Kier molecular flexibility index (Phi) is 7.86. The summed E-state index contributed by atoms with van der Waals surface area (Å²) in [5.41, 5.74) is 0.876. The zero-order valence-corrected chi connectivity index (χ0v) is 22.7. The van der Waals surface area contributed by atoms with Gasteiger partial charge in [0.2, 0.25) is 5.88 Å². The van der Waals surface area contributed by atoms with Crippen LogP contribution in [0.1, 0.15) is 27.2 Å². The first-order valence-electron chi connectivity index (χ1n) is 12.1. The number of halogens is 1. The molecule has 2 unspecified atom stereocenters. The van der Waals surface area contributed by atoms with Crippen molar-refractivity contribution in [2.45, 2.75) is 38.3 Å². The van der Waals surface area contributed by atoms with Crippen molar-refractivity contribution in [1.82, 2.24) is 4.98 Å². The molecule has 0 saturated carbocycles. The third kappa shape index (κ3) is 5.26. The van der Waals surface area contributed by atoms with Crippen LogP contribution >= 0.6 is 11.6 Å². The Bertz CT molecular complexity index is 1070. The van der Waals surface area contributed by atoms with Crippen molar-refractivity contribution in [2.24, 2.45) is 5.92 Å². The average molecular weight is 511 g/mol. The van der Waals surface area contributed by atoms with Crippen LogP contribution in [0.3, 0.4) is 0 Å². The Morgan fingerprint density at radius 2 is 1.66 bits per heavy atom. The number of aliphatic hydroxyl groups excluding tert-OH is 1. The lowest BCUT2D eigenvalue weighted by atomic mass is 9.95. The second-order valence-electron chi connectivity index (χ2n) is 10.2. The molecule has 1 fully saturated rings. The molecule has 1 aliphatic rings. The lowest BCUT2D eigenvalue weighted by molar-refractivity contribution is 0.0565. The van der Waals surface area contributed by atoms with Gasteiger partial charge in [0, 0.05) is 31.7 Å². The quantitative estimate of drug-likeness (QED) is 0.474. The first kappa shape index (κ1) is 25.7. The molecule has 1 aromatic heterocycles. The smallest absolute Gasteiger partial charge is 0.261 e. The van der Waals surface area contributed by atoms with E-state index in [0.29, 0.717) is 37.0 Å². The van der Waals surface area contributed by atoms with Crippen LogP contribution in [-0.4, -0.2) is 51.3 Å². The van der Waals surface area contributed by atoms with Gasteiger partial charge in [-0.1, -0.05) is 93.0 Å². The molecule has 0 amide bonds. The summed E-state index contributed by atoms with van der Waals surface area (Å²) in [5, 5.41) is 13.9. The van der Waals surface area contributed by atoms with Crippen LogP contribution in [-0.2, 0) is 4.43 Å². The summed E-state index contributed by atoms with van der Waals surface area (Å²) in [6.07, 6.45) is 1.83. The summed E-state index contributed by atoms with van der Waals surface area (Å²) in [4.78, 5) is 6.41. The molecule has 2 heterocycles. The van der Waals surface area contributed by atoms with Gasteiger partial charge in [0.25, 0.3) is 8.32 Å². The maximum Gasteiger partial charge on any atom is 0.261 e. The number of piperidine rings is 1. The van der Waals surface area contributed by atoms with Gasteiger partial charge in [-0.2, -0.15) is 0 Å². The van der Waals surface area contributed by atoms with Gasteiger partial charge in [0.1, 0.15) is 0 Å². The molecule has 2 aromatic carbocycles. The molecule has 1 aliphatic heterocycles. The van der Waals surface area contributed by atoms with Crippen molar-refractivity contribution in [1.29, 1.82) is 0 Å². The molecule has 0 aliphatic carbocycles. The number of benzene rings is 2. The number of rotatable bonds is 7. The first-order chi connectivity index (χ1) is 16.8. The molecule has 4 rings (SSSR count). The summed E-state index contributed by atoms with van der Waals surface area (Å²) in [7, 11) is -1.08. The number of anilines is 1. The number of aromatic nitrogens is 1. The summed E-state index contributed by atoms with van der Waals surface area (Å²) in [6, 6.07) is 23.1. The molecule has 35 heavy (non-hydrogen) atoms. The van der Waals surface area contributed by atoms with Crippen molar-refractivity contribution >= 4 is 36.0 Å². The van der Waals surface area contributed by atoms with Gasteiger partial charge >= 0.3 is 0 Å². The Morgan fingerprint density at radius 3 is 2.20 bits per heavy atom. The third-order valence-corrected chi connectivity index (χ3v) is 12.3. The average Bonchev–Trinajstić information content (AvgIpc) is 2.86. The molecule has 0 bridgehead atoms. The molecular weight excluding hydrogens is 476 g/mol. The monoisotopic (exact) mass is 510 g/mol. The fourth-order valence-electron chi connectivity index (χ4n) is 5.16. The zero-order chi connectivity index (χ0) is 25.1. The van der Waals surface area contributed by atoms with E-state index >= 15 is 0 Å². The fraction of sp³-hybridized carbons (Fsp3) is 0.393. The molecule has 0 radical (unpaired) electrons. The van der Waals surface area contributed by atoms with E-state index in [9.17, 15) is 5.11 Å². The second-order valence-corrected chi connectivity index (χ2v) is 14.9. The predicted octanol–water partition coefficient (Wildman–Crippen LogP) is 4.51. The van der Waals surface area contributed by atoms with Gasteiger partial charge in [-0.3, -0.25) is 0 Å². The van der Waals surface area contributed by atoms with Gasteiger partial charge in [-0.15, -0.1) is 0 Å². The van der Waals surface area contributed by atoms with Gasteiger partial charge in [0.05, 0.1) is 30.1 Å². The van der Waals surface area contributed by atoms with E-state index in [2.05, 4.69) is 79.2 Å². The number of methoxy groups -OCH3 is 1. The molecule has 2 atom stereocenters. The van der Waals surface area contributed by atoms with Gasteiger partial charge in [-0.25, -0.2) is 4.98 Å². The van der Waals surface area contributed by atoms with Crippen LogP contribution in [0.15, 0.2) is 72.9 Å². The summed E-state index contributed by atoms with van der Waals surface area (Å²) in [5.74, 6) is 0.469. The van der Waals surface area contributed by atoms with Crippen molar-refractivity contribution in [3.8, 4) is 5.88 Å². The number of hydrogen-bond donors (Lipinski definition) is 1. The topological polar surface area (TPSA) is 54.8 Å². The Labute approximate surface area is 214 Å². The molecule has 186 valence electrons. The summed E-state index contributed by atoms with van der Waals surface area (Å²) in [6.45, 7) is 8.63. The maximum absolute atomic E-state index is 11.0. The third-order valence-electron chi connectivity index (χ3n) is 6.98. The van der Waals surface area contributed by atoms with Crippen LogP contribution in [0.2, 0.25) is 10.1 Å². The van der Waals surface area contributed by atoms with Crippen LogP contribution in [0.25, 0.3) is 0 Å². The minimum atomic E-state index is -2.68. The van der Waals surface area contributed by atoms with Crippen molar-refractivity contribution in [2.75, 3.05) is 31.7 Å². The van der Waals surface area contributed by atoms with E-state index in [1.807, 2.05) is 18.2 Å². The first-order valence-corrected chi connectivity index (χ1v) is 14.4. The lowest BCUT2D eigenvalue weighted by Crippen LogP contribution is -2.67. The number of aliphatic hydroxyl groups is 1. The number of pyridine rings is 1. The van der Waals surface area contributed by atoms with Gasteiger partial charge < -0.3 is 19.2 Å². The normalized spacial score (nSPS) is 19.0. The standard InChI is InChI=1S/C28H35ClN2O3Si/c1-28(2,3)35(22-11-7-5-8-12-22,23-13-9-6-10-14-23)34-20-21-19-31(16-15-26(21)32)25-17-27(33-4)30-18-24(25)29/h5-14,17-18,21,26,32H,15-16,19-20H2,1-4H3. The van der Waals surface area contributed by atoms with E-state index in [1.165, 1.54) is 10.4 Å². The zero-order valence-electron chi connectivity index (χ0n) is 20.9. The Hall–Kier alpha value is -2.38. The number of nitrogens with zero attached hydrogens (tertiary/aromatic N) is 2. The molecule has 1 N–H and O–H groups in total. The van der Waals surface area contributed by atoms with Gasteiger partial charge in [0.15, 0.2) is 0 Å². The minimum absolute atomic E-state index is 0.0550. The second kappa shape index (κ2) is 10.7. The van der Waals surface area contributed by atoms with E-state index in [0.717, 1.165) is 5.69 Å². The van der Waals surface area contributed by atoms with E-state index in [4.69, 9.17) is 20.8 Å². The molecule has 0 spiro atoms. The Balaban J connectivity index is 1.66. The van der Waals surface area contributed by atoms with E-state index in [1.54, 1.807) is 13.3 Å². The fourth-order valence-corrected chi connectivity index (χ4v) is 10.0. The summed E-state index contributed by atoms with van der Waals surface area (Å²) >= 11 is 6.49. The number of hydrogen-bond acceptors (Lipinski definition) is 5. The van der Waals surface area contributed by atoms with E-state index < -0.39 is 14.4 Å². The molecule has 1 saturated heterocycles. The van der Waals surface area contributed by atoms with E-state index in [-0.39, 0.29) is 11.0 Å². The Morgan fingerprint density at radius 1 is 1.06 bits per heavy atom. The molecule has 3 aromatic rings. The van der Waals surface area contributed by atoms with Crippen LogP contribution in [0, 0.1) is 5.92 Å². The van der Waals surface area contributed by atoms with Crippen LogP contribution < -0.4 is 20.0 Å². The minimum Gasteiger partial charge on any atom is -0.481 e. The molecule has 7 heteroatoms. The van der Waals surface area contributed by atoms with Crippen molar-refractivity contribution < 1.29 is 14.3 Å². The highest BCUT2D eigenvalue weighted by molar-refractivity contribution is 6.99. The largest absolute Gasteiger partial charge is 0.481 e. The SMILES string of the molecule is COc1cc(N2CCC(O)C(CO[Si](c3ccccc3)(c3ccccc3)C(C)(C)C)C2)c(Cl)cn1. The highest BCUT2D eigenvalue weighted by Crippen LogP contribution is 2.38. The highest BCUT2D eigenvalue weighted by atomic mass is 35.5. The van der Waals surface area contributed by atoms with Crippen molar-refractivity contribution in [3.63, 3.8) is 0 Å². The maximum atomic E-state index is 11.0. The molecular formula is C28H35ClN2O3Si. The van der Waals surface area contributed by atoms with Gasteiger partial charge in [-0.05, 0) is 21.8 Å². The highest BCUT2D eigenvalue weighted by Gasteiger charge is 2.50. The van der Waals surface area contributed by atoms with Crippen LogP contribution in [0.5, 0.6) is 5.88 Å². The van der Waals surface area contributed by atoms with Crippen molar-refractivity contribution in [3.05, 3.63) is 77.9 Å². The van der Waals surface area contributed by atoms with Crippen LogP contribution in [0.4, 0.5) is 5.69 Å². The lowest BCUT2D eigenvalue weighted by Gasteiger charge is -2.45.